The molecule has 0 spiro atoms. The summed E-state index contributed by atoms with van der Waals surface area (Å²) in [6.07, 6.45) is 3.85. The van der Waals surface area contributed by atoms with Crippen LogP contribution in [0.4, 0.5) is 5.69 Å². The summed E-state index contributed by atoms with van der Waals surface area (Å²) < 4.78 is 11.2. The Hall–Kier alpha value is -3.22. The fraction of sp³-hybridized carbons (Fsp3) is 0.130. The third-order valence-electron chi connectivity index (χ3n) is 4.02. The topological polar surface area (TPSA) is 63.5 Å². The molecule has 0 atom stereocenters. The van der Waals surface area contributed by atoms with Crippen molar-refractivity contribution >= 4 is 39.9 Å². The molecule has 148 valence electrons. The lowest BCUT2D eigenvalue weighted by Crippen LogP contribution is -2.33. The SMILES string of the molecule is C=C(/C=C\C)COCc1cccc(NC(=S)NC(=O)c2cc3ccccc3o2)c1. The number of fused-ring (bicyclic) bond motifs is 1. The van der Waals surface area contributed by atoms with E-state index in [1.807, 2.05) is 67.6 Å². The molecule has 3 aromatic rings. The molecule has 2 aromatic carbocycles. The predicted molar refractivity (Wildman–Crippen MR) is 120 cm³/mol. The molecule has 6 heteroatoms. The van der Waals surface area contributed by atoms with Gasteiger partial charge in [0.2, 0.25) is 0 Å². The highest BCUT2D eigenvalue weighted by atomic mass is 32.1. The highest BCUT2D eigenvalue weighted by Gasteiger charge is 2.13. The summed E-state index contributed by atoms with van der Waals surface area (Å²) in [7, 11) is 0. The Balaban J connectivity index is 1.54. The van der Waals surface area contributed by atoms with Crippen molar-refractivity contribution in [2.24, 2.45) is 0 Å². The van der Waals surface area contributed by atoms with E-state index >= 15 is 0 Å². The second-order valence-electron chi connectivity index (χ2n) is 6.41. The van der Waals surface area contributed by atoms with Gasteiger partial charge < -0.3 is 14.5 Å². The van der Waals surface area contributed by atoms with Gasteiger partial charge >= 0.3 is 0 Å². The van der Waals surface area contributed by atoms with Crippen LogP contribution in [0.2, 0.25) is 0 Å². The first kappa shape index (κ1) is 20.5. The molecule has 0 saturated heterocycles. The number of ether oxygens (including phenoxy) is 1. The van der Waals surface area contributed by atoms with Crippen LogP contribution in [0.25, 0.3) is 11.0 Å². The van der Waals surface area contributed by atoms with Crippen molar-refractivity contribution in [2.45, 2.75) is 13.5 Å². The van der Waals surface area contributed by atoms with Crippen LogP contribution in [-0.2, 0) is 11.3 Å². The van der Waals surface area contributed by atoms with E-state index in [1.165, 1.54) is 0 Å². The van der Waals surface area contributed by atoms with E-state index in [4.69, 9.17) is 21.4 Å². The molecule has 0 fully saturated rings. The van der Waals surface area contributed by atoms with Gasteiger partial charge in [-0.1, -0.05) is 49.1 Å². The largest absolute Gasteiger partial charge is 0.451 e. The zero-order valence-corrected chi connectivity index (χ0v) is 16.9. The van der Waals surface area contributed by atoms with Gasteiger partial charge in [0.25, 0.3) is 5.91 Å². The Labute approximate surface area is 175 Å². The summed E-state index contributed by atoms with van der Waals surface area (Å²) in [6.45, 7) is 6.77. The Morgan fingerprint density at radius 2 is 2.03 bits per heavy atom. The Morgan fingerprint density at radius 3 is 2.83 bits per heavy atom. The zero-order valence-electron chi connectivity index (χ0n) is 16.1. The molecule has 0 bridgehead atoms. The molecule has 1 aromatic heterocycles. The molecular weight excluding hydrogens is 384 g/mol. The van der Waals surface area contributed by atoms with Crippen molar-refractivity contribution in [1.82, 2.24) is 5.32 Å². The van der Waals surface area contributed by atoms with E-state index in [2.05, 4.69) is 17.2 Å². The third-order valence-corrected chi connectivity index (χ3v) is 4.22. The van der Waals surface area contributed by atoms with E-state index in [1.54, 1.807) is 6.07 Å². The number of benzene rings is 2. The molecule has 0 aliphatic rings. The molecule has 0 radical (unpaired) electrons. The van der Waals surface area contributed by atoms with Crippen LogP contribution in [0.15, 0.2) is 83.3 Å². The maximum Gasteiger partial charge on any atom is 0.293 e. The Kier molecular flexibility index (Phi) is 6.94. The van der Waals surface area contributed by atoms with E-state index in [9.17, 15) is 4.79 Å². The smallest absolute Gasteiger partial charge is 0.293 e. The van der Waals surface area contributed by atoms with Gasteiger partial charge in [-0.05, 0) is 54.5 Å². The van der Waals surface area contributed by atoms with Crippen molar-refractivity contribution in [3.8, 4) is 0 Å². The fourth-order valence-electron chi connectivity index (χ4n) is 2.74. The molecule has 0 aliphatic carbocycles. The second kappa shape index (κ2) is 9.82. The van der Waals surface area contributed by atoms with Gasteiger partial charge in [0.1, 0.15) is 5.58 Å². The normalized spacial score (nSPS) is 10.9. The molecular formula is C23H22N2O3S. The quantitative estimate of drug-likeness (QED) is 0.417. The first-order chi connectivity index (χ1) is 14.0. The zero-order chi connectivity index (χ0) is 20.6. The molecule has 1 heterocycles. The molecule has 0 aliphatic heterocycles. The number of para-hydroxylation sites is 1. The number of amides is 1. The Morgan fingerprint density at radius 1 is 1.21 bits per heavy atom. The van der Waals surface area contributed by atoms with Crippen molar-refractivity contribution in [3.05, 3.63) is 90.2 Å². The summed E-state index contributed by atoms with van der Waals surface area (Å²) in [4.78, 5) is 12.4. The maximum atomic E-state index is 12.4. The van der Waals surface area contributed by atoms with Gasteiger partial charge in [-0.15, -0.1) is 0 Å². The molecule has 0 unspecified atom stereocenters. The average molecular weight is 407 g/mol. The van der Waals surface area contributed by atoms with Gasteiger partial charge in [0.05, 0.1) is 13.2 Å². The van der Waals surface area contributed by atoms with Crippen molar-refractivity contribution in [2.75, 3.05) is 11.9 Å². The number of hydrogen-bond donors (Lipinski definition) is 2. The summed E-state index contributed by atoms with van der Waals surface area (Å²) in [6, 6.07) is 16.8. The van der Waals surface area contributed by atoms with Gasteiger partial charge in [-0.2, -0.15) is 0 Å². The lowest BCUT2D eigenvalue weighted by atomic mass is 10.2. The predicted octanol–water partition coefficient (Wildman–Crippen LogP) is 5.21. The number of allylic oxidation sites excluding steroid dienone is 1. The molecule has 1 amide bonds. The molecule has 5 nitrogen and oxygen atoms in total. The second-order valence-corrected chi connectivity index (χ2v) is 6.82. The van der Waals surface area contributed by atoms with Crippen LogP contribution < -0.4 is 10.6 Å². The van der Waals surface area contributed by atoms with Crippen LogP contribution in [0.5, 0.6) is 0 Å². The molecule has 0 saturated carbocycles. The number of nitrogens with one attached hydrogen (secondary N) is 2. The Bertz CT molecular complexity index is 1040. The first-order valence-electron chi connectivity index (χ1n) is 9.13. The number of thiocarbonyl (C=S) groups is 1. The van der Waals surface area contributed by atoms with E-state index < -0.39 is 5.91 Å². The number of hydrogen-bond acceptors (Lipinski definition) is 4. The molecule has 29 heavy (non-hydrogen) atoms. The maximum absolute atomic E-state index is 12.4. The van der Waals surface area contributed by atoms with Crippen LogP contribution in [0.3, 0.4) is 0 Å². The van der Waals surface area contributed by atoms with Crippen molar-refractivity contribution in [3.63, 3.8) is 0 Å². The molecule has 2 N–H and O–H groups in total. The van der Waals surface area contributed by atoms with Gasteiger partial charge in [-0.25, -0.2) is 0 Å². The first-order valence-corrected chi connectivity index (χ1v) is 9.54. The van der Waals surface area contributed by atoms with E-state index in [-0.39, 0.29) is 10.9 Å². The van der Waals surface area contributed by atoms with Gasteiger partial charge in [0.15, 0.2) is 10.9 Å². The third kappa shape index (κ3) is 5.88. The molecule has 3 rings (SSSR count). The number of anilines is 1. The lowest BCUT2D eigenvalue weighted by molar-refractivity contribution is 0.0953. The van der Waals surface area contributed by atoms with Crippen LogP contribution in [0, 0.1) is 0 Å². The highest BCUT2D eigenvalue weighted by molar-refractivity contribution is 7.80. The van der Waals surface area contributed by atoms with Crippen LogP contribution >= 0.6 is 12.2 Å². The van der Waals surface area contributed by atoms with Crippen LogP contribution in [0.1, 0.15) is 23.0 Å². The summed E-state index contributed by atoms with van der Waals surface area (Å²) >= 11 is 5.25. The van der Waals surface area contributed by atoms with E-state index in [0.29, 0.717) is 18.8 Å². The minimum absolute atomic E-state index is 0.190. The summed E-state index contributed by atoms with van der Waals surface area (Å²) in [5, 5.41) is 6.70. The monoisotopic (exact) mass is 406 g/mol. The minimum atomic E-state index is -0.402. The summed E-state index contributed by atoms with van der Waals surface area (Å²) in [5.41, 5.74) is 3.31. The highest BCUT2D eigenvalue weighted by Crippen LogP contribution is 2.18. The minimum Gasteiger partial charge on any atom is -0.451 e. The van der Waals surface area contributed by atoms with Crippen molar-refractivity contribution < 1.29 is 13.9 Å². The number of rotatable bonds is 7. The van der Waals surface area contributed by atoms with Crippen LogP contribution in [-0.4, -0.2) is 17.6 Å². The van der Waals surface area contributed by atoms with E-state index in [0.717, 1.165) is 22.2 Å². The standard InChI is InChI=1S/C23H22N2O3S/c1-3-7-16(2)14-27-15-17-8-6-10-19(12-17)24-23(29)25-22(26)21-13-18-9-4-5-11-20(18)28-21/h3-13H,2,14-15H2,1H3,(H2,24,25,26,29)/b7-3-. The van der Waals surface area contributed by atoms with Gasteiger partial charge in [-0.3, -0.25) is 10.1 Å². The number of carbonyl (C=O) groups is 1. The van der Waals surface area contributed by atoms with Crippen molar-refractivity contribution in [1.29, 1.82) is 0 Å². The fourth-order valence-corrected chi connectivity index (χ4v) is 2.95. The number of furan rings is 1. The number of carbonyl (C=O) groups excluding carboxylic acids is 1. The lowest BCUT2D eigenvalue weighted by Gasteiger charge is -2.10. The summed E-state index contributed by atoms with van der Waals surface area (Å²) in [5.74, 6) is -0.195. The van der Waals surface area contributed by atoms with Gasteiger partial charge in [0, 0.05) is 11.1 Å². The average Bonchev–Trinajstić information content (AvgIpc) is 3.13.